The summed E-state index contributed by atoms with van der Waals surface area (Å²) < 4.78 is 15.7. The third-order valence-electron chi connectivity index (χ3n) is 6.69. The van der Waals surface area contributed by atoms with Gasteiger partial charge in [0.25, 0.3) is 0 Å². The van der Waals surface area contributed by atoms with E-state index < -0.39 is 17.2 Å². The molecule has 2 aliphatic rings. The molecule has 0 aliphatic carbocycles. The predicted molar refractivity (Wildman–Crippen MR) is 166 cm³/mol. The minimum Gasteiger partial charge on any atom is -0.477 e. The Bertz CT molecular complexity index is 1360. The summed E-state index contributed by atoms with van der Waals surface area (Å²) in [5.74, 6) is -0.816. The monoisotopic (exact) mass is 636 g/mol. The van der Waals surface area contributed by atoms with Gasteiger partial charge < -0.3 is 19.3 Å². The van der Waals surface area contributed by atoms with E-state index in [9.17, 15) is 19.2 Å². The molecule has 2 amide bonds. The first-order valence-corrected chi connectivity index (χ1v) is 15.9. The number of amides is 2. The van der Waals surface area contributed by atoms with Crippen molar-refractivity contribution in [3.05, 3.63) is 42.8 Å². The molecule has 2 atom stereocenters. The van der Waals surface area contributed by atoms with E-state index in [0.717, 1.165) is 20.9 Å². The lowest BCUT2D eigenvalue weighted by Crippen LogP contribution is -2.37. The van der Waals surface area contributed by atoms with Crippen molar-refractivity contribution in [3.63, 3.8) is 0 Å². The molecule has 4 rings (SSSR count). The first kappa shape index (κ1) is 34.4. The SMILES string of the molecule is CC(C)C1c2sc(C(=O)O)cc2CN1C(=O)OC(C)(C)C.COC(=O)c1cc2c(s1)C(C(C)C)N(C(=O)OC(C)(C)C)C2. The Morgan fingerprint density at radius 1 is 0.767 bits per heavy atom. The molecular weight excluding hydrogens is 592 g/mol. The van der Waals surface area contributed by atoms with Crippen molar-refractivity contribution in [1.82, 2.24) is 9.80 Å². The van der Waals surface area contributed by atoms with E-state index in [1.165, 1.54) is 29.8 Å². The zero-order valence-electron chi connectivity index (χ0n) is 26.9. The zero-order chi connectivity index (χ0) is 32.6. The zero-order valence-corrected chi connectivity index (χ0v) is 28.5. The van der Waals surface area contributed by atoms with Crippen LogP contribution in [0.1, 0.15) is 122 Å². The normalized spacial score (nSPS) is 17.8. The summed E-state index contributed by atoms with van der Waals surface area (Å²) in [7, 11) is 1.38. The second kappa shape index (κ2) is 12.9. The van der Waals surface area contributed by atoms with Crippen molar-refractivity contribution in [2.75, 3.05) is 7.11 Å². The van der Waals surface area contributed by atoms with Crippen LogP contribution < -0.4 is 0 Å². The van der Waals surface area contributed by atoms with Crippen LogP contribution in [0.5, 0.6) is 0 Å². The summed E-state index contributed by atoms with van der Waals surface area (Å²) in [6.07, 6.45) is -0.657. The van der Waals surface area contributed by atoms with Gasteiger partial charge in [0.2, 0.25) is 0 Å². The van der Waals surface area contributed by atoms with Gasteiger partial charge in [-0.05, 0) is 76.6 Å². The number of esters is 1. The van der Waals surface area contributed by atoms with Crippen molar-refractivity contribution >= 4 is 46.8 Å². The first-order chi connectivity index (χ1) is 19.7. The Morgan fingerprint density at radius 3 is 1.47 bits per heavy atom. The van der Waals surface area contributed by atoms with Gasteiger partial charge in [0.1, 0.15) is 21.0 Å². The molecule has 2 aromatic rings. The van der Waals surface area contributed by atoms with Crippen LogP contribution in [0.4, 0.5) is 9.59 Å². The molecule has 0 radical (unpaired) electrons. The van der Waals surface area contributed by atoms with Crippen molar-refractivity contribution in [2.45, 2.75) is 106 Å². The van der Waals surface area contributed by atoms with Gasteiger partial charge >= 0.3 is 24.1 Å². The van der Waals surface area contributed by atoms with Crippen LogP contribution >= 0.6 is 22.7 Å². The Hall–Kier alpha value is -3.12. The first-order valence-electron chi connectivity index (χ1n) is 14.3. The van der Waals surface area contributed by atoms with Crippen LogP contribution in [0.3, 0.4) is 0 Å². The molecule has 1 N–H and O–H groups in total. The fraction of sp³-hybridized carbons (Fsp3) is 0.613. The quantitative estimate of drug-likeness (QED) is 0.266. The molecule has 0 aromatic carbocycles. The molecule has 2 aliphatic heterocycles. The number of carboxylic acid groups (broad SMARTS) is 1. The summed E-state index contributed by atoms with van der Waals surface area (Å²) in [6, 6.07) is 3.31. The number of carbonyl (C=O) groups excluding carboxylic acids is 3. The molecule has 238 valence electrons. The largest absolute Gasteiger partial charge is 0.477 e. The average molecular weight is 637 g/mol. The number of rotatable bonds is 4. The van der Waals surface area contributed by atoms with E-state index in [-0.39, 0.29) is 42.1 Å². The summed E-state index contributed by atoms with van der Waals surface area (Å²) in [5.41, 5.74) is 0.865. The highest BCUT2D eigenvalue weighted by molar-refractivity contribution is 7.14. The van der Waals surface area contributed by atoms with Gasteiger partial charge in [0, 0.05) is 9.75 Å². The highest BCUT2D eigenvalue weighted by atomic mass is 32.1. The number of hydrogen-bond donors (Lipinski definition) is 1. The number of hydrogen-bond acceptors (Lipinski definition) is 9. The highest BCUT2D eigenvalue weighted by Gasteiger charge is 2.41. The van der Waals surface area contributed by atoms with E-state index in [2.05, 4.69) is 13.8 Å². The summed E-state index contributed by atoms with van der Waals surface area (Å²) in [4.78, 5) is 53.9. The summed E-state index contributed by atoms with van der Waals surface area (Å²) in [6.45, 7) is 20.1. The van der Waals surface area contributed by atoms with E-state index in [1.807, 2.05) is 61.5 Å². The number of thiophene rings is 2. The van der Waals surface area contributed by atoms with Crippen molar-refractivity contribution < 1.29 is 38.5 Å². The lowest BCUT2D eigenvalue weighted by atomic mass is 10.0. The molecule has 12 heteroatoms. The minimum absolute atomic E-state index is 0.0618. The molecule has 4 heterocycles. The van der Waals surface area contributed by atoms with Gasteiger partial charge in [0.05, 0.1) is 32.3 Å². The molecule has 2 aromatic heterocycles. The van der Waals surface area contributed by atoms with Crippen molar-refractivity contribution in [3.8, 4) is 0 Å². The molecule has 0 bridgehead atoms. The fourth-order valence-corrected chi connectivity index (χ4v) is 7.79. The number of carboxylic acids is 1. The third kappa shape index (κ3) is 8.08. The summed E-state index contributed by atoms with van der Waals surface area (Å²) >= 11 is 2.66. The van der Waals surface area contributed by atoms with Crippen LogP contribution in [-0.4, -0.2) is 57.3 Å². The minimum atomic E-state index is -0.916. The van der Waals surface area contributed by atoms with E-state index in [0.29, 0.717) is 22.8 Å². The molecule has 0 saturated carbocycles. The molecule has 10 nitrogen and oxygen atoms in total. The maximum atomic E-state index is 12.4. The Labute approximate surface area is 261 Å². The maximum absolute atomic E-state index is 12.4. The number of methoxy groups -OCH3 is 1. The van der Waals surface area contributed by atoms with Crippen LogP contribution in [0.25, 0.3) is 0 Å². The molecule has 43 heavy (non-hydrogen) atoms. The predicted octanol–water partition coefficient (Wildman–Crippen LogP) is 7.88. The molecular formula is C31H44N2O8S2. The molecule has 0 fully saturated rings. The molecule has 0 spiro atoms. The lowest BCUT2D eigenvalue weighted by molar-refractivity contribution is 0.0120. The standard InChI is InChI=1S/C16H23NO4S.C15H21NO4S/c1-9(2)12-13-10(7-11(22-13)14(18)20-6)8-17(12)15(19)21-16(3,4)5;1-8(2)11-12-9(6-10(21-12)13(17)18)7-16(11)14(19)20-15(3,4)5/h7,9,12H,8H2,1-6H3;6,8,11H,7H2,1-5H3,(H,17,18). The molecule has 0 saturated heterocycles. The summed E-state index contributed by atoms with van der Waals surface area (Å²) in [5, 5.41) is 9.10. The number of aromatic carboxylic acids is 1. The number of fused-ring (bicyclic) bond motifs is 2. The smallest absolute Gasteiger partial charge is 0.411 e. The van der Waals surface area contributed by atoms with Gasteiger partial charge in [-0.1, -0.05) is 27.7 Å². The topological polar surface area (TPSA) is 123 Å². The highest BCUT2D eigenvalue weighted by Crippen LogP contribution is 2.45. The second-order valence-corrected chi connectivity index (χ2v) is 15.6. The Balaban J connectivity index is 0.000000236. The Morgan fingerprint density at radius 2 is 1.14 bits per heavy atom. The van der Waals surface area contributed by atoms with Crippen LogP contribution in [0, 0.1) is 11.8 Å². The van der Waals surface area contributed by atoms with E-state index in [1.54, 1.807) is 15.9 Å². The molecule has 2 unspecified atom stereocenters. The lowest BCUT2D eigenvalue weighted by Gasteiger charge is -2.30. The van der Waals surface area contributed by atoms with Crippen molar-refractivity contribution in [1.29, 1.82) is 0 Å². The number of carbonyl (C=O) groups is 4. The fourth-order valence-electron chi connectivity index (χ4n) is 5.11. The second-order valence-electron chi connectivity index (χ2n) is 13.4. The van der Waals surface area contributed by atoms with Gasteiger partial charge in [0.15, 0.2) is 0 Å². The van der Waals surface area contributed by atoms with Crippen LogP contribution in [-0.2, 0) is 27.3 Å². The number of ether oxygens (including phenoxy) is 3. The number of nitrogens with zero attached hydrogens (tertiary/aromatic N) is 2. The Kier molecular flexibility index (Phi) is 10.3. The van der Waals surface area contributed by atoms with Crippen LogP contribution in [0.2, 0.25) is 0 Å². The van der Waals surface area contributed by atoms with E-state index >= 15 is 0 Å². The van der Waals surface area contributed by atoms with Gasteiger partial charge in [-0.2, -0.15) is 0 Å². The van der Waals surface area contributed by atoms with E-state index in [4.69, 9.17) is 19.3 Å². The van der Waals surface area contributed by atoms with Gasteiger partial charge in [-0.15, -0.1) is 22.7 Å². The third-order valence-corrected chi connectivity index (χ3v) is 9.15. The average Bonchev–Trinajstić information content (AvgIpc) is 3.58. The maximum Gasteiger partial charge on any atom is 0.411 e. The van der Waals surface area contributed by atoms with Gasteiger partial charge in [-0.25, -0.2) is 19.2 Å². The van der Waals surface area contributed by atoms with Gasteiger partial charge in [-0.3, -0.25) is 9.80 Å². The van der Waals surface area contributed by atoms with Crippen molar-refractivity contribution in [2.24, 2.45) is 11.8 Å². The van der Waals surface area contributed by atoms with Crippen LogP contribution in [0.15, 0.2) is 12.1 Å².